The van der Waals surface area contributed by atoms with Gasteiger partial charge in [0.15, 0.2) is 0 Å². The third-order valence-electron chi connectivity index (χ3n) is 4.14. The van der Waals surface area contributed by atoms with Crippen LogP contribution >= 0.6 is 23.4 Å². The molecule has 150 valence electrons. The lowest BCUT2D eigenvalue weighted by Crippen LogP contribution is -2.42. The summed E-state index contributed by atoms with van der Waals surface area (Å²) in [5, 5.41) is 8.52. The Morgan fingerprint density at radius 3 is 2.62 bits per heavy atom. The minimum Gasteiger partial charge on any atom is -0.478 e. The number of hydrogen-bond donors (Lipinski definition) is 1. The van der Waals surface area contributed by atoms with Crippen molar-refractivity contribution in [2.75, 3.05) is 7.11 Å². The molecule has 0 spiro atoms. The molecule has 29 heavy (non-hydrogen) atoms. The van der Waals surface area contributed by atoms with Crippen LogP contribution in [0.15, 0.2) is 39.7 Å². The van der Waals surface area contributed by atoms with Crippen LogP contribution < -0.4 is 0 Å². The summed E-state index contributed by atoms with van der Waals surface area (Å²) in [7, 11) is 1.17. The summed E-state index contributed by atoms with van der Waals surface area (Å²) in [5.41, 5.74) is 0.516. The molecule has 2 aromatic rings. The largest absolute Gasteiger partial charge is 0.478 e. The Hall–Kier alpha value is -3.04. The molecule has 3 rings (SSSR count). The van der Waals surface area contributed by atoms with E-state index in [-0.39, 0.29) is 15.5 Å². The molecule has 0 bridgehead atoms. The van der Waals surface area contributed by atoms with Crippen molar-refractivity contribution in [1.29, 1.82) is 0 Å². The Balaban J connectivity index is 1.84. The van der Waals surface area contributed by atoms with Gasteiger partial charge in [0.2, 0.25) is 0 Å². The first-order chi connectivity index (χ1) is 13.7. The maximum absolute atomic E-state index is 12.5. The normalized spacial score (nSPS) is 16.4. The number of halogens is 1. The number of carbonyl (C=O) groups is 4. The van der Waals surface area contributed by atoms with Gasteiger partial charge in [-0.25, -0.2) is 9.59 Å². The number of rotatable bonds is 5. The number of aromatic carboxylic acids is 1. The molecule has 1 atom stereocenters. The molecule has 1 aromatic carbocycles. The van der Waals surface area contributed by atoms with Crippen LogP contribution in [-0.2, 0) is 14.3 Å². The highest BCUT2D eigenvalue weighted by atomic mass is 35.5. The molecule has 0 aliphatic carbocycles. The Morgan fingerprint density at radius 2 is 2.00 bits per heavy atom. The van der Waals surface area contributed by atoms with Gasteiger partial charge in [0, 0.05) is 11.6 Å². The van der Waals surface area contributed by atoms with E-state index in [4.69, 9.17) is 21.1 Å². The first-order valence-electron chi connectivity index (χ1n) is 8.21. The van der Waals surface area contributed by atoms with Gasteiger partial charge in [0.05, 0.1) is 22.6 Å². The van der Waals surface area contributed by atoms with Gasteiger partial charge in [-0.1, -0.05) is 17.7 Å². The number of imide groups is 1. The number of esters is 1. The summed E-state index contributed by atoms with van der Waals surface area (Å²) in [6.45, 7) is 1.40. The van der Waals surface area contributed by atoms with Crippen LogP contribution in [0.1, 0.15) is 23.0 Å². The number of hydrogen-bond acceptors (Lipinski definition) is 7. The number of benzene rings is 1. The van der Waals surface area contributed by atoms with E-state index in [0.717, 1.165) is 4.90 Å². The molecule has 1 aliphatic heterocycles. The van der Waals surface area contributed by atoms with Crippen LogP contribution in [0.4, 0.5) is 4.79 Å². The number of methoxy groups -OCH3 is 1. The summed E-state index contributed by atoms with van der Waals surface area (Å²) >= 11 is 6.66. The van der Waals surface area contributed by atoms with E-state index >= 15 is 0 Å². The molecular weight excluding hydrogens is 422 g/mol. The number of carbonyl (C=O) groups excluding carboxylic acids is 3. The molecule has 10 heteroatoms. The fourth-order valence-electron chi connectivity index (χ4n) is 2.65. The fraction of sp³-hybridized carbons (Fsp3) is 0.158. The van der Waals surface area contributed by atoms with Gasteiger partial charge < -0.3 is 14.3 Å². The Labute approximate surface area is 174 Å². The number of furan rings is 1. The number of nitrogens with zero attached hydrogens (tertiary/aromatic N) is 1. The zero-order valence-corrected chi connectivity index (χ0v) is 16.7. The first-order valence-corrected chi connectivity index (χ1v) is 9.40. The second-order valence-electron chi connectivity index (χ2n) is 5.95. The molecule has 1 aliphatic rings. The van der Waals surface area contributed by atoms with E-state index < -0.39 is 29.1 Å². The van der Waals surface area contributed by atoms with E-state index in [1.54, 1.807) is 18.2 Å². The van der Waals surface area contributed by atoms with Crippen molar-refractivity contribution >= 4 is 52.5 Å². The minimum absolute atomic E-state index is 0.0319. The van der Waals surface area contributed by atoms with Crippen LogP contribution in [0.25, 0.3) is 17.4 Å². The fourth-order valence-corrected chi connectivity index (χ4v) is 3.80. The number of carboxylic acid groups (broad SMARTS) is 1. The molecule has 0 unspecified atom stereocenters. The molecule has 0 radical (unpaired) electrons. The molecule has 1 N–H and O–H groups in total. The standard InChI is InChI=1S/C19H14ClNO7S/c1-9(18(25)27-2)21-16(22)15(29-19(21)26)8-11-4-6-14(28-11)10-3-5-12(17(23)24)13(20)7-10/h3-9H,1-2H3,(H,23,24)/b15-8+/t9-/m1/s1. The van der Waals surface area contributed by atoms with Crippen molar-refractivity contribution in [2.45, 2.75) is 13.0 Å². The van der Waals surface area contributed by atoms with Crippen molar-refractivity contribution < 1.29 is 33.4 Å². The van der Waals surface area contributed by atoms with E-state index in [2.05, 4.69) is 4.74 Å². The average Bonchev–Trinajstić information content (AvgIpc) is 3.25. The van der Waals surface area contributed by atoms with Crippen molar-refractivity contribution in [3.05, 3.63) is 51.6 Å². The molecular formula is C19H14ClNO7S. The van der Waals surface area contributed by atoms with Crippen LogP contribution in [0, 0.1) is 0 Å². The maximum atomic E-state index is 12.5. The molecule has 1 fully saturated rings. The van der Waals surface area contributed by atoms with Crippen LogP contribution in [-0.4, -0.2) is 46.2 Å². The number of amides is 2. The maximum Gasteiger partial charge on any atom is 0.337 e. The van der Waals surface area contributed by atoms with Crippen LogP contribution in [0.2, 0.25) is 5.02 Å². The van der Waals surface area contributed by atoms with E-state index in [0.29, 0.717) is 28.8 Å². The summed E-state index contributed by atoms with van der Waals surface area (Å²) in [5.74, 6) is -1.76. The smallest absolute Gasteiger partial charge is 0.337 e. The second kappa shape index (κ2) is 8.14. The second-order valence-corrected chi connectivity index (χ2v) is 7.35. The van der Waals surface area contributed by atoms with Gasteiger partial charge in [-0.05, 0) is 43.0 Å². The van der Waals surface area contributed by atoms with Gasteiger partial charge in [-0.2, -0.15) is 0 Å². The molecule has 0 saturated carbocycles. The van der Waals surface area contributed by atoms with Gasteiger partial charge in [-0.3, -0.25) is 14.5 Å². The first kappa shape index (κ1) is 20.7. The molecule has 1 aromatic heterocycles. The number of carboxylic acids is 1. The van der Waals surface area contributed by atoms with E-state index in [1.807, 2.05) is 0 Å². The Bertz CT molecular complexity index is 1060. The van der Waals surface area contributed by atoms with Crippen molar-refractivity contribution in [1.82, 2.24) is 4.90 Å². The lowest BCUT2D eigenvalue weighted by molar-refractivity contribution is -0.148. The highest BCUT2D eigenvalue weighted by molar-refractivity contribution is 8.18. The third kappa shape index (κ3) is 4.06. The highest BCUT2D eigenvalue weighted by Crippen LogP contribution is 2.35. The zero-order chi connectivity index (χ0) is 21.3. The zero-order valence-electron chi connectivity index (χ0n) is 15.2. The van der Waals surface area contributed by atoms with E-state index in [1.165, 1.54) is 32.2 Å². The van der Waals surface area contributed by atoms with Gasteiger partial charge in [0.25, 0.3) is 11.1 Å². The van der Waals surface area contributed by atoms with Crippen molar-refractivity contribution in [3.63, 3.8) is 0 Å². The van der Waals surface area contributed by atoms with Gasteiger partial charge in [-0.15, -0.1) is 0 Å². The van der Waals surface area contributed by atoms with Crippen LogP contribution in [0.3, 0.4) is 0 Å². The molecule has 8 nitrogen and oxygen atoms in total. The van der Waals surface area contributed by atoms with E-state index in [9.17, 15) is 19.2 Å². The Kier molecular flexibility index (Phi) is 5.81. The molecule has 2 heterocycles. The topological polar surface area (TPSA) is 114 Å². The minimum atomic E-state index is -1.14. The lowest BCUT2D eigenvalue weighted by atomic mass is 10.1. The summed E-state index contributed by atoms with van der Waals surface area (Å²) in [4.78, 5) is 48.3. The quantitative estimate of drug-likeness (QED) is 0.555. The number of thioether (sulfide) groups is 1. The number of ether oxygens (including phenoxy) is 1. The highest BCUT2D eigenvalue weighted by Gasteiger charge is 2.41. The van der Waals surface area contributed by atoms with Gasteiger partial charge >= 0.3 is 11.9 Å². The predicted molar refractivity (Wildman–Crippen MR) is 105 cm³/mol. The van der Waals surface area contributed by atoms with Crippen molar-refractivity contribution in [3.8, 4) is 11.3 Å². The van der Waals surface area contributed by atoms with Crippen LogP contribution in [0.5, 0.6) is 0 Å². The summed E-state index contributed by atoms with van der Waals surface area (Å²) in [6, 6.07) is 6.54. The average molecular weight is 436 g/mol. The monoisotopic (exact) mass is 435 g/mol. The predicted octanol–water partition coefficient (Wildman–Crippen LogP) is 3.90. The van der Waals surface area contributed by atoms with Gasteiger partial charge in [0.1, 0.15) is 17.6 Å². The lowest BCUT2D eigenvalue weighted by Gasteiger charge is -2.18. The van der Waals surface area contributed by atoms with Crippen molar-refractivity contribution in [2.24, 2.45) is 0 Å². The SMILES string of the molecule is COC(=O)[C@@H](C)N1C(=O)S/C(=C/c2ccc(-c3ccc(C(=O)O)c(Cl)c3)o2)C1=O. The third-order valence-corrected chi connectivity index (χ3v) is 5.33. The molecule has 2 amide bonds. The summed E-state index contributed by atoms with van der Waals surface area (Å²) < 4.78 is 10.2. The molecule has 1 saturated heterocycles. The Morgan fingerprint density at radius 1 is 1.28 bits per heavy atom. The summed E-state index contributed by atoms with van der Waals surface area (Å²) in [6.07, 6.45) is 1.39.